The number of hydrogen-bond acceptors (Lipinski definition) is 4. The summed E-state index contributed by atoms with van der Waals surface area (Å²) >= 11 is 0. The molecule has 0 saturated carbocycles. The zero-order valence-electron chi connectivity index (χ0n) is 11.0. The van der Waals surface area contributed by atoms with Gasteiger partial charge in [0.05, 0.1) is 17.7 Å². The molecule has 20 heavy (non-hydrogen) atoms. The summed E-state index contributed by atoms with van der Waals surface area (Å²) in [5.41, 5.74) is 6.23. The highest BCUT2D eigenvalue weighted by Crippen LogP contribution is 2.08. The molecule has 1 fully saturated rings. The van der Waals surface area contributed by atoms with Gasteiger partial charge in [-0.1, -0.05) is 11.8 Å². The minimum atomic E-state index is -0.486. The van der Waals surface area contributed by atoms with Crippen LogP contribution in [-0.2, 0) is 4.79 Å². The van der Waals surface area contributed by atoms with E-state index in [0.29, 0.717) is 24.1 Å². The molecule has 0 bridgehead atoms. The second-order valence-electron chi connectivity index (χ2n) is 4.39. The summed E-state index contributed by atoms with van der Waals surface area (Å²) in [6.45, 7) is 0.870. The number of nitrogens with one attached hydrogen (secondary N) is 2. The lowest BCUT2D eigenvalue weighted by Gasteiger charge is -2.22. The highest BCUT2D eigenvalue weighted by molar-refractivity contribution is 5.99. The lowest BCUT2D eigenvalue weighted by molar-refractivity contribution is -0.124. The lowest BCUT2D eigenvalue weighted by atomic mass is 10.1. The van der Waals surface area contributed by atoms with Gasteiger partial charge in [0.25, 0.3) is 5.91 Å². The Kier molecular flexibility index (Phi) is 4.69. The Bertz CT molecular complexity index is 574. The van der Waals surface area contributed by atoms with Crippen LogP contribution >= 0.6 is 0 Å². The van der Waals surface area contributed by atoms with Crippen molar-refractivity contribution in [2.75, 3.05) is 13.1 Å². The molecule has 1 saturated heterocycles. The molecule has 0 aliphatic carbocycles. The van der Waals surface area contributed by atoms with Crippen LogP contribution in [0.2, 0.25) is 0 Å². The number of rotatable bonds is 2. The van der Waals surface area contributed by atoms with Gasteiger partial charge < -0.3 is 16.4 Å². The fourth-order valence-corrected chi connectivity index (χ4v) is 1.98. The van der Waals surface area contributed by atoms with E-state index in [1.54, 1.807) is 6.07 Å². The molecule has 4 N–H and O–H groups in total. The molecular formula is C14H16N4O2. The predicted molar refractivity (Wildman–Crippen MR) is 73.7 cm³/mol. The lowest BCUT2D eigenvalue weighted by Crippen LogP contribution is -2.50. The first kappa shape index (κ1) is 14.0. The number of carbonyl (C=O) groups is 2. The Hall–Kier alpha value is -2.39. The first-order valence-corrected chi connectivity index (χ1v) is 6.44. The van der Waals surface area contributed by atoms with Gasteiger partial charge in [0.15, 0.2) is 0 Å². The Morgan fingerprint density at radius 1 is 1.60 bits per heavy atom. The molecule has 1 aliphatic rings. The van der Waals surface area contributed by atoms with Crippen molar-refractivity contribution in [3.8, 4) is 11.8 Å². The van der Waals surface area contributed by atoms with Gasteiger partial charge in [0, 0.05) is 18.9 Å². The quantitative estimate of drug-likeness (QED) is 0.626. The van der Waals surface area contributed by atoms with Gasteiger partial charge in [-0.05, 0) is 18.9 Å². The van der Waals surface area contributed by atoms with E-state index in [0.717, 1.165) is 6.42 Å². The van der Waals surface area contributed by atoms with E-state index in [9.17, 15) is 9.59 Å². The molecule has 1 aromatic heterocycles. The van der Waals surface area contributed by atoms with Gasteiger partial charge >= 0.3 is 0 Å². The van der Waals surface area contributed by atoms with Crippen molar-refractivity contribution >= 4 is 11.8 Å². The molecule has 2 amide bonds. The highest BCUT2D eigenvalue weighted by atomic mass is 16.2. The van der Waals surface area contributed by atoms with Crippen LogP contribution in [0.4, 0.5) is 0 Å². The predicted octanol–water partition coefficient (Wildman–Crippen LogP) is -0.600. The topological polar surface area (TPSA) is 97.1 Å². The number of aromatic nitrogens is 1. The zero-order chi connectivity index (χ0) is 14.4. The standard InChI is InChI=1S/C14H16N4O2/c15-6-1-3-10-9-16-8-5-11(10)13(19)18-12-4-2-7-17-14(12)20/h5,8-9,12H,2,4,6-7,15H2,(H,17,20)(H,18,19). The minimum Gasteiger partial charge on any atom is -0.354 e. The second-order valence-corrected chi connectivity index (χ2v) is 4.39. The molecule has 1 unspecified atom stereocenters. The van der Waals surface area contributed by atoms with E-state index < -0.39 is 6.04 Å². The van der Waals surface area contributed by atoms with E-state index >= 15 is 0 Å². The average molecular weight is 272 g/mol. The molecule has 0 radical (unpaired) electrons. The molecule has 1 atom stereocenters. The summed E-state index contributed by atoms with van der Waals surface area (Å²) in [6.07, 6.45) is 4.53. The maximum atomic E-state index is 12.2. The molecule has 2 rings (SSSR count). The molecule has 1 aromatic rings. The number of hydrogen-bond donors (Lipinski definition) is 3. The van der Waals surface area contributed by atoms with Crippen LogP contribution in [0.1, 0.15) is 28.8 Å². The number of amides is 2. The summed E-state index contributed by atoms with van der Waals surface area (Å²) in [4.78, 5) is 27.8. The second kappa shape index (κ2) is 6.68. The van der Waals surface area contributed by atoms with Crippen molar-refractivity contribution in [1.29, 1.82) is 0 Å². The summed E-state index contributed by atoms with van der Waals surface area (Å²) in [5.74, 6) is 5.03. The highest BCUT2D eigenvalue weighted by Gasteiger charge is 2.24. The summed E-state index contributed by atoms with van der Waals surface area (Å²) in [6, 6.07) is 1.09. The van der Waals surface area contributed by atoms with Gasteiger partial charge in [-0.3, -0.25) is 14.6 Å². The van der Waals surface area contributed by atoms with Crippen LogP contribution < -0.4 is 16.4 Å². The first-order valence-electron chi connectivity index (χ1n) is 6.44. The molecule has 2 heterocycles. The van der Waals surface area contributed by atoms with Gasteiger partial charge in [0.1, 0.15) is 6.04 Å². The van der Waals surface area contributed by atoms with Crippen molar-refractivity contribution in [1.82, 2.24) is 15.6 Å². The Labute approximate surface area is 117 Å². The number of nitrogens with zero attached hydrogens (tertiary/aromatic N) is 1. The smallest absolute Gasteiger partial charge is 0.253 e. The van der Waals surface area contributed by atoms with Crippen molar-refractivity contribution in [3.63, 3.8) is 0 Å². The Morgan fingerprint density at radius 3 is 3.20 bits per heavy atom. The van der Waals surface area contributed by atoms with E-state index in [4.69, 9.17) is 5.73 Å². The van der Waals surface area contributed by atoms with Gasteiger partial charge in [-0.15, -0.1) is 0 Å². The van der Waals surface area contributed by atoms with Crippen LogP contribution in [0.25, 0.3) is 0 Å². The molecule has 0 spiro atoms. The first-order chi connectivity index (χ1) is 9.72. The molecule has 104 valence electrons. The van der Waals surface area contributed by atoms with E-state index in [-0.39, 0.29) is 18.4 Å². The third-order valence-electron chi connectivity index (χ3n) is 2.98. The monoisotopic (exact) mass is 272 g/mol. The largest absolute Gasteiger partial charge is 0.354 e. The van der Waals surface area contributed by atoms with E-state index in [2.05, 4.69) is 27.5 Å². The average Bonchev–Trinajstić information content (AvgIpc) is 2.47. The van der Waals surface area contributed by atoms with Gasteiger partial charge in [-0.2, -0.15) is 0 Å². The zero-order valence-corrected chi connectivity index (χ0v) is 11.0. The summed E-state index contributed by atoms with van der Waals surface area (Å²) in [5, 5.41) is 5.45. The van der Waals surface area contributed by atoms with E-state index in [1.165, 1.54) is 12.4 Å². The van der Waals surface area contributed by atoms with Gasteiger partial charge in [-0.25, -0.2) is 0 Å². The van der Waals surface area contributed by atoms with Crippen molar-refractivity contribution in [2.45, 2.75) is 18.9 Å². The van der Waals surface area contributed by atoms with Crippen molar-refractivity contribution in [3.05, 3.63) is 29.6 Å². The number of piperidine rings is 1. The van der Waals surface area contributed by atoms with Crippen molar-refractivity contribution < 1.29 is 9.59 Å². The van der Waals surface area contributed by atoms with Crippen LogP contribution in [0.5, 0.6) is 0 Å². The maximum absolute atomic E-state index is 12.2. The fourth-order valence-electron chi connectivity index (χ4n) is 1.98. The third-order valence-corrected chi connectivity index (χ3v) is 2.98. The van der Waals surface area contributed by atoms with Crippen LogP contribution in [0, 0.1) is 11.8 Å². The normalized spacial score (nSPS) is 17.6. The molecule has 6 heteroatoms. The third kappa shape index (κ3) is 3.33. The Balaban J connectivity index is 2.14. The maximum Gasteiger partial charge on any atom is 0.253 e. The molecule has 0 aromatic carbocycles. The van der Waals surface area contributed by atoms with Crippen molar-refractivity contribution in [2.24, 2.45) is 5.73 Å². The van der Waals surface area contributed by atoms with Gasteiger partial charge in [0.2, 0.25) is 5.91 Å². The van der Waals surface area contributed by atoms with E-state index in [1.807, 2.05) is 0 Å². The molecular weight excluding hydrogens is 256 g/mol. The summed E-state index contributed by atoms with van der Waals surface area (Å²) < 4.78 is 0. The fraction of sp³-hybridized carbons (Fsp3) is 0.357. The molecule has 6 nitrogen and oxygen atoms in total. The van der Waals surface area contributed by atoms with Crippen LogP contribution in [-0.4, -0.2) is 35.9 Å². The van der Waals surface area contributed by atoms with Crippen LogP contribution in [0.3, 0.4) is 0 Å². The Morgan fingerprint density at radius 2 is 2.45 bits per heavy atom. The summed E-state index contributed by atoms with van der Waals surface area (Å²) in [7, 11) is 0. The molecule has 1 aliphatic heterocycles. The number of carbonyl (C=O) groups excluding carboxylic acids is 2. The number of pyridine rings is 1. The number of nitrogens with two attached hydrogens (primary N) is 1. The minimum absolute atomic E-state index is 0.145. The SMILES string of the molecule is NCC#Cc1cnccc1C(=O)NC1CCCNC1=O. The van der Waals surface area contributed by atoms with Crippen LogP contribution in [0.15, 0.2) is 18.5 Å².